The third-order valence-corrected chi connectivity index (χ3v) is 5.30. The Bertz CT molecular complexity index is 657. The number of carbonyl (C=O) groups is 2. The summed E-state index contributed by atoms with van der Waals surface area (Å²) in [5, 5.41) is 6.32. The molecule has 0 aromatic heterocycles. The fraction of sp³-hybridized carbons (Fsp3) is 0.550. The number of methoxy groups -OCH3 is 1. The molecular weight excluding hydrogens is 348 g/mol. The molecule has 1 aromatic rings. The highest BCUT2D eigenvalue weighted by molar-refractivity contribution is 7.80. The molecule has 0 bridgehead atoms. The molecule has 2 rings (SSSR count). The molecule has 1 saturated carbocycles. The number of nitrogens with one attached hydrogen (secondary N) is 2. The zero-order valence-electron chi connectivity index (χ0n) is 15.9. The van der Waals surface area contributed by atoms with Crippen LogP contribution in [-0.2, 0) is 4.74 Å². The molecule has 1 aromatic carbocycles. The third-order valence-electron chi connectivity index (χ3n) is 5.08. The van der Waals surface area contributed by atoms with E-state index in [1.54, 1.807) is 24.3 Å². The lowest BCUT2D eigenvalue weighted by molar-refractivity contribution is 0.0600. The van der Waals surface area contributed by atoms with Gasteiger partial charge in [0.15, 0.2) is 5.11 Å². The van der Waals surface area contributed by atoms with Crippen molar-refractivity contribution < 1.29 is 14.3 Å². The monoisotopic (exact) mass is 376 g/mol. The van der Waals surface area contributed by atoms with E-state index in [1.807, 2.05) is 0 Å². The molecule has 0 unspecified atom stereocenters. The van der Waals surface area contributed by atoms with E-state index in [1.165, 1.54) is 20.0 Å². The molecule has 26 heavy (non-hydrogen) atoms. The van der Waals surface area contributed by atoms with Crippen LogP contribution in [0.15, 0.2) is 24.3 Å². The van der Waals surface area contributed by atoms with Crippen LogP contribution in [0.4, 0.5) is 0 Å². The van der Waals surface area contributed by atoms with Gasteiger partial charge in [0.1, 0.15) is 0 Å². The van der Waals surface area contributed by atoms with Gasteiger partial charge in [-0.05, 0) is 73.5 Å². The maximum atomic E-state index is 12.3. The second-order valence-electron chi connectivity index (χ2n) is 7.91. The van der Waals surface area contributed by atoms with Crippen molar-refractivity contribution in [2.75, 3.05) is 7.11 Å². The van der Waals surface area contributed by atoms with Gasteiger partial charge in [0, 0.05) is 11.6 Å². The molecule has 0 aliphatic heterocycles. The van der Waals surface area contributed by atoms with E-state index in [2.05, 4.69) is 36.1 Å². The van der Waals surface area contributed by atoms with Crippen LogP contribution < -0.4 is 10.6 Å². The van der Waals surface area contributed by atoms with Crippen molar-refractivity contribution in [1.82, 2.24) is 10.6 Å². The van der Waals surface area contributed by atoms with E-state index in [0.29, 0.717) is 27.7 Å². The summed E-state index contributed by atoms with van der Waals surface area (Å²) >= 11 is 5.28. The van der Waals surface area contributed by atoms with E-state index >= 15 is 0 Å². The summed E-state index contributed by atoms with van der Waals surface area (Å²) in [6.45, 7) is 6.88. The van der Waals surface area contributed by atoms with Gasteiger partial charge in [-0.1, -0.05) is 20.8 Å². The Hall–Kier alpha value is -1.95. The van der Waals surface area contributed by atoms with Crippen LogP contribution in [0.1, 0.15) is 67.2 Å². The molecule has 0 atom stereocenters. The van der Waals surface area contributed by atoms with Crippen molar-refractivity contribution in [2.24, 2.45) is 11.3 Å². The summed E-state index contributed by atoms with van der Waals surface area (Å²) in [4.78, 5) is 23.7. The molecule has 5 nitrogen and oxygen atoms in total. The lowest BCUT2D eigenvalue weighted by Gasteiger charge is -2.37. The van der Waals surface area contributed by atoms with Crippen LogP contribution in [0.2, 0.25) is 0 Å². The van der Waals surface area contributed by atoms with Crippen LogP contribution in [-0.4, -0.2) is 30.1 Å². The van der Waals surface area contributed by atoms with Crippen molar-refractivity contribution in [2.45, 2.75) is 52.5 Å². The van der Waals surface area contributed by atoms with Crippen molar-refractivity contribution in [3.05, 3.63) is 35.4 Å². The van der Waals surface area contributed by atoms with Gasteiger partial charge in [-0.3, -0.25) is 10.1 Å². The molecule has 1 aliphatic carbocycles. The molecule has 0 spiro atoms. The highest BCUT2D eigenvalue weighted by Crippen LogP contribution is 2.37. The number of carbonyl (C=O) groups excluding carboxylic acids is 2. The minimum Gasteiger partial charge on any atom is -0.465 e. The summed E-state index contributed by atoms with van der Waals surface area (Å²) in [5.41, 5.74) is 1.19. The van der Waals surface area contributed by atoms with E-state index in [9.17, 15) is 9.59 Å². The maximum Gasteiger partial charge on any atom is 0.337 e. The second kappa shape index (κ2) is 8.62. The van der Waals surface area contributed by atoms with Crippen LogP contribution >= 0.6 is 12.2 Å². The maximum absolute atomic E-state index is 12.3. The number of thiocarbonyl (C=S) groups is 1. The van der Waals surface area contributed by atoms with Gasteiger partial charge in [-0.25, -0.2) is 4.79 Å². The summed E-state index contributed by atoms with van der Waals surface area (Å²) in [6, 6.07) is 6.59. The molecule has 0 radical (unpaired) electrons. The summed E-state index contributed by atoms with van der Waals surface area (Å²) in [6.07, 6.45) is 4.47. The number of rotatable bonds is 3. The van der Waals surface area contributed by atoms with E-state index < -0.39 is 5.97 Å². The summed E-state index contributed by atoms with van der Waals surface area (Å²) < 4.78 is 4.64. The number of ether oxygens (including phenoxy) is 1. The van der Waals surface area contributed by atoms with E-state index in [4.69, 9.17) is 12.2 Å². The standard InChI is InChI=1S/C20H28N2O3S/c1-20(2,3)15-9-11-16(12-10-15)21-19(26)22-17(23)13-5-7-14(8-6-13)18(24)25-4/h5-8,15-16H,9-12H2,1-4H3,(H2,21,22,23,26). The zero-order valence-corrected chi connectivity index (χ0v) is 16.7. The highest BCUT2D eigenvalue weighted by Gasteiger charge is 2.29. The van der Waals surface area contributed by atoms with E-state index in [-0.39, 0.29) is 5.91 Å². The van der Waals surface area contributed by atoms with Crippen LogP contribution in [0.25, 0.3) is 0 Å². The molecule has 1 amide bonds. The largest absolute Gasteiger partial charge is 0.465 e. The summed E-state index contributed by atoms with van der Waals surface area (Å²) in [5.74, 6) is 0.0133. The lowest BCUT2D eigenvalue weighted by Crippen LogP contribution is -2.46. The highest BCUT2D eigenvalue weighted by atomic mass is 32.1. The SMILES string of the molecule is COC(=O)c1ccc(C(=O)NC(=S)NC2CCC(C(C)(C)C)CC2)cc1. The smallest absolute Gasteiger partial charge is 0.337 e. The van der Waals surface area contributed by atoms with Crippen LogP contribution in [0, 0.1) is 11.3 Å². The average molecular weight is 377 g/mol. The van der Waals surface area contributed by atoms with Crippen LogP contribution in [0.5, 0.6) is 0 Å². The van der Waals surface area contributed by atoms with Crippen molar-refractivity contribution in [1.29, 1.82) is 0 Å². The topological polar surface area (TPSA) is 67.4 Å². The first-order valence-electron chi connectivity index (χ1n) is 9.01. The Morgan fingerprint density at radius 1 is 1.04 bits per heavy atom. The number of amides is 1. The number of benzene rings is 1. The summed E-state index contributed by atoms with van der Waals surface area (Å²) in [7, 11) is 1.32. The first kappa shape index (κ1) is 20.4. The molecule has 1 aliphatic rings. The number of esters is 1. The van der Waals surface area contributed by atoms with Gasteiger partial charge in [0.25, 0.3) is 5.91 Å². The predicted molar refractivity (Wildman–Crippen MR) is 106 cm³/mol. The fourth-order valence-electron chi connectivity index (χ4n) is 3.38. The minimum atomic E-state index is -0.431. The van der Waals surface area contributed by atoms with Crippen molar-refractivity contribution >= 4 is 29.2 Å². The van der Waals surface area contributed by atoms with Gasteiger partial charge in [-0.15, -0.1) is 0 Å². The van der Waals surface area contributed by atoms with E-state index in [0.717, 1.165) is 18.8 Å². The quantitative estimate of drug-likeness (QED) is 0.622. The number of hydrogen-bond acceptors (Lipinski definition) is 4. The Morgan fingerprint density at radius 2 is 1.58 bits per heavy atom. The average Bonchev–Trinajstić information content (AvgIpc) is 2.60. The Labute approximate surface area is 160 Å². The first-order valence-corrected chi connectivity index (χ1v) is 9.41. The first-order chi connectivity index (χ1) is 12.2. The third kappa shape index (κ3) is 5.53. The van der Waals surface area contributed by atoms with Gasteiger partial charge >= 0.3 is 5.97 Å². The molecule has 142 valence electrons. The lowest BCUT2D eigenvalue weighted by atomic mass is 9.71. The van der Waals surface area contributed by atoms with Gasteiger partial charge < -0.3 is 10.1 Å². The van der Waals surface area contributed by atoms with Crippen LogP contribution in [0.3, 0.4) is 0 Å². The molecular formula is C20H28N2O3S. The van der Waals surface area contributed by atoms with Crippen molar-refractivity contribution in [3.8, 4) is 0 Å². The zero-order chi connectivity index (χ0) is 19.3. The molecule has 1 fully saturated rings. The molecule has 0 saturated heterocycles. The Kier molecular flexibility index (Phi) is 6.75. The van der Waals surface area contributed by atoms with Crippen molar-refractivity contribution in [3.63, 3.8) is 0 Å². The molecule has 2 N–H and O–H groups in total. The fourth-order valence-corrected chi connectivity index (χ4v) is 3.64. The molecule has 0 heterocycles. The second-order valence-corrected chi connectivity index (χ2v) is 8.32. The minimum absolute atomic E-state index is 0.290. The normalized spacial score (nSPS) is 20.2. The van der Waals surface area contributed by atoms with Gasteiger partial charge in [-0.2, -0.15) is 0 Å². The number of hydrogen-bond donors (Lipinski definition) is 2. The predicted octanol–water partition coefficient (Wildman–Crippen LogP) is 3.68. The Balaban J connectivity index is 1.82. The molecule has 6 heteroatoms. The van der Waals surface area contributed by atoms with Gasteiger partial charge in [0.2, 0.25) is 0 Å². The Morgan fingerprint density at radius 3 is 2.08 bits per heavy atom. The van der Waals surface area contributed by atoms with Gasteiger partial charge in [0.05, 0.1) is 12.7 Å².